The summed E-state index contributed by atoms with van der Waals surface area (Å²) in [5, 5.41) is 7.75. The van der Waals surface area contributed by atoms with Gasteiger partial charge in [0.1, 0.15) is 12.6 Å². The van der Waals surface area contributed by atoms with Crippen LogP contribution in [0, 0.1) is 0 Å². The molecule has 1 atom stereocenters. The molecule has 2 aliphatic heterocycles. The summed E-state index contributed by atoms with van der Waals surface area (Å²) in [4.78, 5) is 33.0. The molecule has 0 radical (unpaired) electrons. The normalized spacial score (nSPS) is 20.9. The van der Waals surface area contributed by atoms with E-state index in [0.29, 0.717) is 23.9 Å². The molecule has 7 nitrogen and oxygen atoms in total. The third-order valence-electron chi connectivity index (χ3n) is 4.84. The second-order valence-corrected chi connectivity index (χ2v) is 8.87. The van der Waals surface area contributed by atoms with E-state index in [0.717, 1.165) is 28.6 Å². The number of ether oxygens (including phenoxy) is 2. The number of nitrogens with zero attached hydrogens (tertiary/aromatic N) is 2. The summed E-state index contributed by atoms with van der Waals surface area (Å²) in [7, 11) is 1.56. The fourth-order valence-electron chi connectivity index (χ4n) is 3.31. The molecule has 4 rings (SSSR count). The number of hydrogen-bond acceptors (Lipinski definition) is 8. The quantitative estimate of drug-likeness (QED) is 0.501. The van der Waals surface area contributed by atoms with Crippen LogP contribution in [0.25, 0.3) is 0 Å². The van der Waals surface area contributed by atoms with Gasteiger partial charge in [-0.05, 0) is 36.6 Å². The van der Waals surface area contributed by atoms with E-state index in [1.165, 1.54) is 11.8 Å². The predicted octanol–water partition coefficient (Wildman–Crippen LogP) is 3.18. The van der Waals surface area contributed by atoms with Crippen molar-refractivity contribution in [3.63, 3.8) is 0 Å². The lowest BCUT2D eigenvalue weighted by molar-refractivity contribution is -0.141. The molecule has 1 aliphatic carbocycles. The second-order valence-electron chi connectivity index (χ2n) is 7.06. The first-order valence-corrected chi connectivity index (χ1v) is 11.3. The number of amidine groups is 1. The summed E-state index contributed by atoms with van der Waals surface area (Å²) in [6.45, 7) is 2.35. The zero-order chi connectivity index (χ0) is 20.4. The highest BCUT2D eigenvalue weighted by molar-refractivity contribution is 8.16. The van der Waals surface area contributed by atoms with Crippen molar-refractivity contribution in [3.8, 4) is 0 Å². The van der Waals surface area contributed by atoms with E-state index in [1.807, 2.05) is 34.7 Å². The van der Waals surface area contributed by atoms with E-state index in [2.05, 4.69) is 10.3 Å². The summed E-state index contributed by atoms with van der Waals surface area (Å²) in [6, 6.07) is 3.92. The Labute approximate surface area is 177 Å². The Bertz CT molecular complexity index is 888. The van der Waals surface area contributed by atoms with Gasteiger partial charge in [-0.1, -0.05) is 17.8 Å². The summed E-state index contributed by atoms with van der Waals surface area (Å²) >= 11 is 3.05. The minimum Gasteiger partial charge on any atom is -0.460 e. The molecule has 1 amide bonds. The van der Waals surface area contributed by atoms with Crippen molar-refractivity contribution in [1.29, 1.82) is 0 Å². The second kappa shape index (κ2) is 8.73. The Morgan fingerprint density at radius 3 is 2.86 bits per heavy atom. The lowest BCUT2D eigenvalue weighted by atomic mass is 9.99. The molecule has 1 N–H and O–H groups in total. The molecular weight excluding hydrogens is 410 g/mol. The van der Waals surface area contributed by atoms with E-state index in [-0.39, 0.29) is 25.0 Å². The van der Waals surface area contributed by atoms with Gasteiger partial charge in [0.2, 0.25) is 5.91 Å². The number of nitrogens with one attached hydrogen (secondary N) is 1. The first kappa shape index (κ1) is 20.2. The third-order valence-corrected chi connectivity index (χ3v) is 6.65. The largest absolute Gasteiger partial charge is 0.460 e. The number of hydrogen-bond donors (Lipinski definition) is 1. The fraction of sp³-hybridized carbons (Fsp3) is 0.450. The van der Waals surface area contributed by atoms with Crippen molar-refractivity contribution in [2.24, 2.45) is 4.99 Å². The molecule has 1 aromatic heterocycles. The smallest absolute Gasteiger partial charge is 0.338 e. The van der Waals surface area contributed by atoms with Crippen molar-refractivity contribution >= 4 is 40.1 Å². The highest BCUT2D eigenvalue weighted by Crippen LogP contribution is 2.45. The van der Waals surface area contributed by atoms with Gasteiger partial charge in [0.15, 0.2) is 5.17 Å². The maximum Gasteiger partial charge on any atom is 0.338 e. The van der Waals surface area contributed by atoms with Gasteiger partial charge in [0, 0.05) is 23.7 Å². The van der Waals surface area contributed by atoms with Crippen LogP contribution in [-0.2, 0) is 19.1 Å². The third kappa shape index (κ3) is 4.41. The summed E-state index contributed by atoms with van der Waals surface area (Å²) in [5.74, 6) is -0.402. The van der Waals surface area contributed by atoms with Gasteiger partial charge in [-0.25, -0.2) is 9.79 Å². The van der Waals surface area contributed by atoms with Crippen molar-refractivity contribution in [3.05, 3.63) is 44.8 Å². The van der Waals surface area contributed by atoms with Gasteiger partial charge in [-0.2, -0.15) is 0 Å². The van der Waals surface area contributed by atoms with Gasteiger partial charge < -0.3 is 19.7 Å². The standard InChI is InChI=1S/C20H23N3O4S2/c1-12-17(19(25)27-8-7-26-2)18(15-4-3-9-28-15)23-14(11-29-20(23)21-12)10-16(24)22-13-5-6-13/h3-4,9,11,13,18H,5-8,10H2,1-2H3,(H,22,24). The topological polar surface area (TPSA) is 80.2 Å². The number of carbonyl (C=O) groups excluding carboxylic acids is 2. The number of thiophene rings is 1. The molecule has 0 saturated heterocycles. The maximum atomic E-state index is 12.9. The number of methoxy groups -OCH3 is 1. The van der Waals surface area contributed by atoms with E-state index < -0.39 is 5.97 Å². The maximum absolute atomic E-state index is 12.9. The average Bonchev–Trinajstić information content (AvgIpc) is 3.17. The lowest BCUT2D eigenvalue weighted by Crippen LogP contribution is -2.38. The number of aliphatic imine (C=N–C) groups is 1. The minimum atomic E-state index is -0.403. The molecule has 1 fully saturated rings. The van der Waals surface area contributed by atoms with E-state index in [4.69, 9.17) is 9.47 Å². The zero-order valence-corrected chi connectivity index (χ0v) is 18.0. The molecular formula is C20H23N3O4S2. The highest BCUT2D eigenvalue weighted by Gasteiger charge is 2.41. The van der Waals surface area contributed by atoms with Gasteiger partial charge in [0.25, 0.3) is 0 Å². The van der Waals surface area contributed by atoms with Crippen LogP contribution in [0.4, 0.5) is 0 Å². The number of amides is 1. The van der Waals surface area contributed by atoms with Crippen LogP contribution in [0.1, 0.15) is 37.1 Å². The summed E-state index contributed by atoms with van der Waals surface area (Å²) in [6.07, 6.45) is 2.36. The molecule has 154 valence electrons. The van der Waals surface area contributed by atoms with Crippen LogP contribution in [0.15, 0.2) is 44.9 Å². The van der Waals surface area contributed by atoms with Crippen molar-refractivity contribution in [1.82, 2.24) is 10.2 Å². The van der Waals surface area contributed by atoms with Crippen LogP contribution in [0.5, 0.6) is 0 Å². The minimum absolute atomic E-state index is 0.000950. The Morgan fingerprint density at radius 1 is 1.34 bits per heavy atom. The van der Waals surface area contributed by atoms with Crippen LogP contribution < -0.4 is 5.32 Å². The Morgan fingerprint density at radius 2 is 2.17 bits per heavy atom. The molecule has 3 heterocycles. The molecule has 9 heteroatoms. The van der Waals surface area contributed by atoms with Gasteiger partial charge in [-0.15, -0.1) is 11.3 Å². The predicted molar refractivity (Wildman–Crippen MR) is 113 cm³/mol. The molecule has 0 aromatic carbocycles. The number of thioether (sulfide) groups is 1. The summed E-state index contributed by atoms with van der Waals surface area (Å²) < 4.78 is 10.4. The Kier molecular flexibility index (Phi) is 6.07. The number of fused-ring (bicyclic) bond motifs is 1. The SMILES string of the molecule is COCCOC(=O)C1=C(C)N=C2SC=C(CC(=O)NC3CC3)N2C1c1cccs1. The van der Waals surface area contributed by atoms with Crippen molar-refractivity contribution < 1.29 is 19.1 Å². The average molecular weight is 434 g/mol. The number of rotatable bonds is 8. The van der Waals surface area contributed by atoms with Crippen LogP contribution in [-0.4, -0.2) is 48.3 Å². The number of esters is 1. The van der Waals surface area contributed by atoms with Gasteiger partial charge in [-0.3, -0.25) is 4.79 Å². The van der Waals surface area contributed by atoms with Crippen LogP contribution >= 0.6 is 23.1 Å². The van der Waals surface area contributed by atoms with Crippen molar-refractivity contribution in [2.45, 2.75) is 38.3 Å². The van der Waals surface area contributed by atoms with E-state index >= 15 is 0 Å². The molecule has 1 saturated carbocycles. The molecule has 1 unspecified atom stereocenters. The molecule has 0 bridgehead atoms. The molecule has 0 spiro atoms. The zero-order valence-electron chi connectivity index (χ0n) is 16.3. The van der Waals surface area contributed by atoms with Crippen LogP contribution in [0.3, 0.4) is 0 Å². The Hall–Kier alpha value is -2.10. The van der Waals surface area contributed by atoms with Gasteiger partial charge >= 0.3 is 5.97 Å². The number of carbonyl (C=O) groups is 2. The lowest BCUT2D eigenvalue weighted by Gasteiger charge is -2.35. The first-order valence-electron chi connectivity index (χ1n) is 9.51. The monoisotopic (exact) mass is 433 g/mol. The molecule has 1 aromatic rings. The van der Waals surface area contributed by atoms with Crippen molar-refractivity contribution in [2.75, 3.05) is 20.3 Å². The fourth-order valence-corrected chi connectivity index (χ4v) is 5.10. The summed E-state index contributed by atoms with van der Waals surface area (Å²) in [5.41, 5.74) is 1.99. The number of allylic oxidation sites excluding steroid dienone is 1. The van der Waals surface area contributed by atoms with Crippen LogP contribution in [0.2, 0.25) is 0 Å². The highest BCUT2D eigenvalue weighted by atomic mass is 32.2. The first-order chi connectivity index (χ1) is 14.1. The van der Waals surface area contributed by atoms with E-state index in [9.17, 15) is 9.59 Å². The molecule has 29 heavy (non-hydrogen) atoms. The van der Waals surface area contributed by atoms with Gasteiger partial charge in [0.05, 0.1) is 24.3 Å². The molecule has 3 aliphatic rings. The van der Waals surface area contributed by atoms with E-state index in [1.54, 1.807) is 18.4 Å². The Balaban J connectivity index is 1.62.